The van der Waals surface area contributed by atoms with E-state index in [1.54, 1.807) is 0 Å². The Morgan fingerprint density at radius 2 is 0.482 bits per heavy atom. The molecule has 112 heavy (non-hydrogen) atoms. The molecule has 0 aromatic rings. The number of aliphatic hydroxyl groups is 25. The second-order valence-corrected chi connectivity index (χ2v) is 28.2. The molecule has 0 saturated carbocycles. The molecule has 0 radical (unpaired) electrons. The summed E-state index contributed by atoms with van der Waals surface area (Å²) in [6.07, 6.45) is -85.1. The summed E-state index contributed by atoms with van der Waals surface area (Å²) in [5, 5.41) is 286. The smallest absolute Gasteiger partial charge is 0.217 e. The zero-order chi connectivity index (χ0) is 82.5. The van der Waals surface area contributed by atoms with Crippen LogP contribution in [0.4, 0.5) is 0 Å². The van der Waals surface area contributed by atoms with Crippen LogP contribution in [-0.2, 0) is 99.7 Å². The number of aliphatic hydroxyl groups excluding tert-OH is 25. The lowest BCUT2D eigenvalue weighted by molar-refractivity contribution is -0.399. The molecule has 0 aromatic heterocycles. The Hall–Kier alpha value is -3.80. The summed E-state index contributed by atoms with van der Waals surface area (Å²) in [5.41, 5.74) is 0. The molecule has 9 aliphatic rings. The van der Waals surface area contributed by atoms with Crippen LogP contribution in [0, 0.1) is 0 Å². The van der Waals surface area contributed by atoms with E-state index in [0.29, 0.717) is 0 Å². The first-order chi connectivity index (χ1) is 53.0. The zero-order valence-corrected chi connectivity index (χ0v) is 60.1. The van der Waals surface area contributed by atoms with Crippen molar-refractivity contribution in [2.45, 2.75) is 304 Å². The molecule has 9 rings (SSSR count). The molecule has 0 bridgehead atoms. The average Bonchev–Trinajstić information content (AvgIpc) is 0.769. The van der Waals surface area contributed by atoms with Crippen molar-refractivity contribution in [3.8, 4) is 0 Å². The summed E-state index contributed by atoms with van der Waals surface area (Å²) in [6, 6.07) is -7.42. The molecular formula is C62H104N4O46. The van der Waals surface area contributed by atoms with Crippen LogP contribution in [-0.4, -0.2) is 487 Å². The van der Waals surface area contributed by atoms with Crippen molar-refractivity contribution in [2.24, 2.45) is 0 Å². The van der Waals surface area contributed by atoms with Gasteiger partial charge in [-0.3, -0.25) is 19.2 Å². The van der Waals surface area contributed by atoms with Crippen molar-refractivity contribution in [1.82, 2.24) is 21.3 Å². The molecule has 0 aliphatic carbocycles. The van der Waals surface area contributed by atoms with Crippen molar-refractivity contribution in [3.05, 3.63) is 0 Å². The molecule has 9 saturated heterocycles. The van der Waals surface area contributed by atoms with Crippen LogP contribution in [0.5, 0.6) is 0 Å². The van der Waals surface area contributed by atoms with E-state index in [9.17, 15) is 147 Å². The number of rotatable bonds is 29. The van der Waals surface area contributed by atoms with E-state index in [1.165, 1.54) is 0 Å². The largest absolute Gasteiger partial charge is 0.394 e. The fourth-order valence-corrected chi connectivity index (χ4v) is 14.5. The van der Waals surface area contributed by atoms with Crippen LogP contribution in [0.3, 0.4) is 0 Å². The van der Waals surface area contributed by atoms with E-state index in [-0.39, 0.29) is 0 Å². The third-order valence-electron chi connectivity index (χ3n) is 20.4. The highest BCUT2D eigenvalue weighted by atomic mass is 16.8. The number of hydrogen-bond donors (Lipinski definition) is 29. The predicted molar refractivity (Wildman–Crippen MR) is 343 cm³/mol. The Morgan fingerprint density at radius 3 is 0.830 bits per heavy atom. The lowest BCUT2D eigenvalue weighted by Crippen LogP contribution is -2.71. The van der Waals surface area contributed by atoms with Gasteiger partial charge in [-0.2, -0.15) is 0 Å². The highest BCUT2D eigenvalue weighted by molar-refractivity contribution is 5.74. The summed E-state index contributed by atoms with van der Waals surface area (Å²) in [7, 11) is 0. The number of amides is 4. The first-order valence-corrected chi connectivity index (χ1v) is 35.6. The van der Waals surface area contributed by atoms with Gasteiger partial charge in [-0.25, -0.2) is 0 Å². The van der Waals surface area contributed by atoms with Crippen LogP contribution in [0.2, 0.25) is 0 Å². The molecule has 4 amide bonds. The molecule has 648 valence electrons. The predicted octanol–water partition coefficient (Wildman–Crippen LogP) is -20.1. The minimum atomic E-state index is -2.57. The summed E-state index contributed by atoms with van der Waals surface area (Å²) in [5.74, 6) is -3.62. The van der Waals surface area contributed by atoms with Crippen molar-refractivity contribution < 1.29 is 227 Å². The van der Waals surface area contributed by atoms with Gasteiger partial charge in [-0.05, 0) is 0 Å². The first-order valence-electron chi connectivity index (χ1n) is 35.6. The highest BCUT2D eigenvalue weighted by Gasteiger charge is 2.61. The van der Waals surface area contributed by atoms with Crippen LogP contribution in [0.25, 0.3) is 0 Å². The van der Waals surface area contributed by atoms with Crippen molar-refractivity contribution >= 4 is 23.6 Å². The highest BCUT2D eigenvalue weighted by Crippen LogP contribution is 2.40. The van der Waals surface area contributed by atoms with Crippen LogP contribution >= 0.6 is 0 Å². The van der Waals surface area contributed by atoms with Crippen molar-refractivity contribution in [1.29, 1.82) is 0 Å². The minimum Gasteiger partial charge on any atom is -0.394 e. The topological polar surface area (TPSA) is 779 Å². The molecular weight excluding hydrogens is 1540 g/mol. The van der Waals surface area contributed by atoms with Gasteiger partial charge >= 0.3 is 0 Å². The zero-order valence-electron chi connectivity index (χ0n) is 60.1. The van der Waals surface area contributed by atoms with Gasteiger partial charge in [0, 0.05) is 27.7 Å². The van der Waals surface area contributed by atoms with Gasteiger partial charge in [0.1, 0.15) is 219 Å². The fraction of sp³-hybridized carbons (Fsp3) is 0.935. The maximum Gasteiger partial charge on any atom is 0.217 e. The van der Waals surface area contributed by atoms with Crippen LogP contribution < -0.4 is 21.3 Å². The van der Waals surface area contributed by atoms with E-state index in [4.69, 9.17) is 80.5 Å². The van der Waals surface area contributed by atoms with Gasteiger partial charge in [-0.15, -0.1) is 0 Å². The lowest BCUT2D eigenvalue weighted by atomic mass is 9.93. The minimum absolute atomic E-state index is 0.788. The molecule has 50 nitrogen and oxygen atoms in total. The summed E-state index contributed by atoms with van der Waals surface area (Å²) < 4.78 is 101. The average molecular weight is 1640 g/mol. The first kappa shape index (κ1) is 92.1. The van der Waals surface area contributed by atoms with Gasteiger partial charge in [0.25, 0.3) is 0 Å². The molecule has 50 heteroatoms. The van der Waals surface area contributed by atoms with E-state index in [2.05, 4.69) is 21.3 Å². The number of hydrogen-bond acceptors (Lipinski definition) is 46. The monoisotopic (exact) mass is 1640 g/mol. The summed E-state index contributed by atoms with van der Waals surface area (Å²) >= 11 is 0. The molecule has 45 atom stereocenters. The Labute approximate surface area is 634 Å². The van der Waals surface area contributed by atoms with Gasteiger partial charge in [0.15, 0.2) is 56.6 Å². The fourth-order valence-electron chi connectivity index (χ4n) is 14.5. The molecule has 9 aliphatic heterocycles. The third-order valence-corrected chi connectivity index (χ3v) is 20.4. The van der Waals surface area contributed by atoms with Gasteiger partial charge < -0.3 is 229 Å². The van der Waals surface area contributed by atoms with Gasteiger partial charge in [0.2, 0.25) is 23.6 Å². The summed E-state index contributed by atoms with van der Waals surface area (Å²) in [4.78, 5) is 50.9. The standard InChI is InChI=1S/C62H104N4O46/c1-14(75)63-27-36(84)47(22(9-71)97-54(27)95)106-55-28(64-15(2)76)37(85)50(25(12-74)102-55)109-60-46(94)51(110-62-53(43(91)34(82)21(8-70)101-62)112-57-30(66-17(4)78)39(87)49(24(11-73)104-57)108-59-45(93)41(89)32(80)19(6-68)99-59)35(83)26(105-60)13-96-61-52(42(90)33(81)20(7-69)100-61)111-56-29(65-16(3)77)38(86)48(23(10-72)103-56)107-58-44(92)40(88)31(79)18(5-67)98-58/h18-62,67-74,79-95H,5-13H2,1-4H3,(H,63,75)(H,64,76)(H,65,77)(H,66,78)/t18-,19-,20-,21-,22-,23-,24-,25-,26-,27-,28-,29-,30-,31+,32+,33-,34-,35-,36-,37-,38-,39-,40+,41+,42+,43+,44-,45-,46+,47-,48-,49-,50-,51+,52+,53+,54?,55+,56?,57?,58?,59?,60+,61+,62-/m1/s1. The quantitative estimate of drug-likeness (QED) is 0.0331. The van der Waals surface area contributed by atoms with Crippen molar-refractivity contribution in [3.63, 3.8) is 0 Å². The second-order valence-electron chi connectivity index (χ2n) is 28.2. The number of nitrogens with one attached hydrogen (secondary N) is 4. The van der Waals surface area contributed by atoms with Crippen LogP contribution in [0.1, 0.15) is 27.7 Å². The van der Waals surface area contributed by atoms with Crippen LogP contribution in [0.15, 0.2) is 0 Å². The molecule has 9 fully saturated rings. The Kier molecular flexibility index (Phi) is 33.1. The Bertz CT molecular complexity index is 2970. The number of ether oxygens (including phenoxy) is 17. The van der Waals surface area contributed by atoms with E-state index in [1.807, 2.05) is 0 Å². The van der Waals surface area contributed by atoms with E-state index in [0.717, 1.165) is 27.7 Å². The normalized spacial score (nSPS) is 48.9. The van der Waals surface area contributed by atoms with Crippen molar-refractivity contribution in [2.75, 3.05) is 59.5 Å². The molecule has 0 aromatic carbocycles. The molecule has 29 N–H and O–H groups in total. The molecule has 9 heterocycles. The summed E-state index contributed by atoms with van der Waals surface area (Å²) in [6.45, 7) is -6.01. The van der Waals surface area contributed by atoms with E-state index >= 15 is 0 Å². The maximum absolute atomic E-state index is 13.0. The third kappa shape index (κ3) is 20.2. The Morgan fingerprint density at radius 1 is 0.232 bits per heavy atom. The second kappa shape index (κ2) is 40.3. The Balaban J connectivity index is 1.05. The lowest BCUT2D eigenvalue weighted by Gasteiger charge is -2.51. The number of carbonyl (C=O) groups is 4. The van der Waals surface area contributed by atoms with Gasteiger partial charge in [0.05, 0.1) is 59.5 Å². The SMILES string of the molecule is CC(=O)N[C@H]1[C@H](O[C@H]2[C@H](O)[C@@H](NC(C)=O)C(O)O[C@@H]2CO)O[C@H](CO)[C@@H](O[C@@H]2O[C@H](CO[C@H]3O[C@H](CO)[C@@H](O)[C@H](O)[C@@H]3OC3O[C@H](CO)[C@@H](OC4O[C@H](CO)[C@H](O)[C@H](O)[C@H]4O)[C@H](O)[C@H]3NC(C)=O)[C@@H](O)[C@H](O[C@H]3O[C@H](CO)[C@@H](O)[C@H](O)[C@@H]3OC3O[C@H](CO)[C@@H](OC4O[C@H](CO)[C@H](O)[C@H](O)[C@H]4O)[C@H](O)[C@H]3NC(C)=O)[C@@H]2O)[C@@H]1O. The van der Waals surface area contributed by atoms with E-state index < -0.39 is 359 Å². The molecule has 0 spiro atoms. The number of carbonyl (C=O) groups excluding carboxylic acids is 4. The molecule has 5 unspecified atom stereocenters. The maximum atomic E-state index is 13.0. The van der Waals surface area contributed by atoms with Gasteiger partial charge in [-0.1, -0.05) is 0 Å².